The van der Waals surface area contributed by atoms with Crippen molar-refractivity contribution in [1.29, 1.82) is 0 Å². The number of amides is 1. The molecule has 7 nitrogen and oxygen atoms in total. The molecule has 156 valence electrons. The van der Waals surface area contributed by atoms with E-state index in [9.17, 15) is 19.7 Å². The zero-order chi connectivity index (χ0) is 21.8. The second-order valence-electron chi connectivity index (χ2n) is 7.53. The van der Waals surface area contributed by atoms with Gasteiger partial charge in [0.05, 0.1) is 23.1 Å². The Morgan fingerprint density at radius 2 is 1.90 bits per heavy atom. The van der Waals surface area contributed by atoms with Crippen molar-refractivity contribution >= 4 is 17.6 Å². The number of nitro groups is 1. The van der Waals surface area contributed by atoms with Crippen LogP contribution in [0.5, 0.6) is 0 Å². The SMILES string of the molecule is CC1=C(C(=O)OC(C)C)C(c2ccccc2)CC(=O)N1Cc1cccc([N+](=O)[O-])c1. The Kier molecular flexibility index (Phi) is 6.30. The van der Waals surface area contributed by atoms with Crippen molar-refractivity contribution in [2.24, 2.45) is 0 Å². The number of rotatable bonds is 6. The largest absolute Gasteiger partial charge is 0.460 e. The van der Waals surface area contributed by atoms with Crippen LogP contribution < -0.4 is 0 Å². The van der Waals surface area contributed by atoms with E-state index in [1.165, 1.54) is 17.0 Å². The van der Waals surface area contributed by atoms with Crippen LogP contribution in [0, 0.1) is 10.1 Å². The molecule has 1 aliphatic rings. The van der Waals surface area contributed by atoms with E-state index in [0.717, 1.165) is 5.56 Å². The molecule has 7 heteroatoms. The Hall–Kier alpha value is -3.48. The fraction of sp³-hybridized carbons (Fsp3) is 0.304. The first-order valence-electron chi connectivity index (χ1n) is 9.78. The fourth-order valence-electron chi connectivity index (χ4n) is 3.67. The van der Waals surface area contributed by atoms with Gasteiger partial charge in [0.2, 0.25) is 5.91 Å². The van der Waals surface area contributed by atoms with E-state index in [1.807, 2.05) is 30.3 Å². The molecule has 3 rings (SSSR count). The lowest BCUT2D eigenvalue weighted by Crippen LogP contribution is -2.38. The van der Waals surface area contributed by atoms with Crippen molar-refractivity contribution in [3.05, 3.63) is 87.1 Å². The zero-order valence-electron chi connectivity index (χ0n) is 17.2. The molecule has 1 atom stereocenters. The van der Waals surface area contributed by atoms with Crippen LogP contribution in [-0.4, -0.2) is 27.8 Å². The molecule has 2 aromatic carbocycles. The zero-order valence-corrected chi connectivity index (χ0v) is 17.2. The van der Waals surface area contributed by atoms with Gasteiger partial charge < -0.3 is 9.64 Å². The summed E-state index contributed by atoms with van der Waals surface area (Å²) in [5.74, 6) is -0.992. The first-order chi connectivity index (χ1) is 14.3. The number of ether oxygens (including phenoxy) is 1. The first kappa shape index (κ1) is 21.2. The van der Waals surface area contributed by atoms with E-state index < -0.39 is 16.8 Å². The topological polar surface area (TPSA) is 89.8 Å². The second-order valence-corrected chi connectivity index (χ2v) is 7.53. The number of nitrogens with zero attached hydrogens (tertiary/aromatic N) is 2. The van der Waals surface area contributed by atoms with E-state index >= 15 is 0 Å². The Labute approximate surface area is 175 Å². The molecule has 0 bridgehead atoms. The van der Waals surface area contributed by atoms with Crippen molar-refractivity contribution in [1.82, 2.24) is 4.90 Å². The van der Waals surface area contributed by atoms with Crippen LogP contribution in [0.2, 0.25) is 0 Å². The van der Waals surface area contributed by atoms with Gasteiger partial charge in [-0.05, 0) is 31.9 Å². The monoisotopic (exact) mass is 408 g/mol. The van der Waals surface area contributed by atoms with Crippen molar-refractivity contribution in [3.8, 4) is 0 Å². The molecule has 0 radical (unpaired) electrons. The smallest absolute Gasteiger partial charge is 0.336 e. The third-order valence-electron chi connectivity index (χ3n) is 5.05. The number of nitro benzene ring substituents is 1. The third-order valence-corrected chi connectivity index (χ3v) is 5.05. The number of non-ortho nitro benzene ring substituents is 1. The fourth-order valence-corrected chi connectivity index (χ4v) is 3.67. The Balaban J connectivity index is 2.02. The number of carbonyl (C=O) groups is 2. The van der Waals surface area contributed by atoms with Crippen LogP contribution in [0.3, 0.4) is 0 Å². The van der Waals surface area contributed by atoms with E-state index in [1.54, 1.807) is 32.9 Å². The number of hydrogen-bond acceptors (Lipinski definition) is 5. The molecular formula is C23H24N2O5. The van der Waals surface area contributed by atoms with Gasteiger partial charge in [-0.2, -0.15) is 0 Å². The molecule has 0 saturated carbocycles. The highest BCUT2D eigenvalue weighted by molar-refractivity contribution is 5.96. The van der Waals surface area contributed by atoms with Crippen LogP contribution in [0.4, 0.5) is 5.69 Å². The number of esters is 1. The van der Waals surface area contributed by atoms with Gasteiger partial charge in [0.15, 0.2) is 0 Å². The lowest BCUT2D eigenvalue weighted by atomic mass is 9.83. The molecule has 1 amide bonds. The normalized spacial score (nSPS) is 16.7. The molecule has 0 spiro atoms. The van der Waals surface area contributed by atoms with Gasteiger partial charge >= 0.3 is 5.97 Å². The molecular weight excluding hydrogens is 384 g/mol. The highest BCUT2D eigenvalue weighted by Crippen LogP contribution is 2.38. The van der Waals surface area contributed by atoms with Gasteiger partial charge in [0.25, 0.3) is 5.69 Å². The molecule has 0 N–H and O–H groups in total. The summed E-state index contributed by atoms with van der Waals surface area (Å²) < 4.78 is 5.47. The number of carbonyl (C=O) groups excluding carboxylic acids is 2. The van der Waals surface area contributed by atoms with Gasteiger partial charge in [0.1, 0.15) is 0 Å². The molecule has 0 aromatic heterocycles. The molecule has 2 aromatic rings. The number of hydrogen-bond donors (Lipinski definition) is 0. The highest BCUT2D eigenvalue weighted by atomic mass is 16.6. The Bertz CT molecular complexity index is 998. The molecule has 1 aliphatic heterocycles. The molecule has 0 fully saturated rings. The molecule has 1 unspecified atom stereocenters. The van der Waals surface area contributed by atoms with Crippen LogP contribution in [0.25, 0.3) is 0 Å². The lowest BCUT2D eigenvalue weighted by Gasteiger charge is -2.34. The maximum Gasteiger partial charge on any atom is 0.336 e. The number of allylic oxidation sites excluding steroid dienone is 1. The molecule has 0 aliphatic carbocycles. The highest BCUT2D eigenvalue weighted by Gasteiger charge is 2.37. The Morgan fingerprint density at radius 3 is 2.53 bits per heavy atom. The van der Waals surface area contributed by atoms with E-state index in [0.29, 0.717) is 16.8 Å². The van der Waals surface area contributed by atoms with Gasteiger partial charge in [-0.3, -0.25) is 14.9 Å². The Morgan fingerprint density at radius 1 is 1.20 bits per heavy atom. The minimum atomic E-state index is -0.471. The van der Waals surface area contributed by atoms with Crippen LogP contribution in [0.1, 0.15) is 44.2 Å². The summed E-state index contributed by atoms with van der Waals surface area (Å²) in [4.78, 5) is 38.1. The van der Waals surface area contributed by atoms with E-state index in [4.69, 9.17) is 4.74 Å². The predicted octanol–water partition coefficient (Wildman–Crippen LogP) is 4.34. The quantitative estimate of drug-likeness (QED) is 0.403. The van der Waals surface area contributed by atoms with Crippen molar-refractivity contribution in [2.75, 3.05) is 0 Å². The maximum atomic E-state index is 13.0. The minimum absolute atomic E-state index is 0.0415. The average Bonchev–Trinajstić information content (AvgIpc) is 2.71. The van der Waals surface area contributed by atoms with Gasteiger partial charge in [-0.1, -0.05) is 42.5 Å². The van der Waals surface area contributed by atoms with Crippen molar-refractivity contribution in [3.63, 3.8) is 0 Å². The first-order valence-corrected chi connectivity index (χ1v) is 9.78. The lowest BCUT2D eigenvalue weighted by molar-refractivity contribution is -0.384. The van der Waals surface area contributed by atoms with Crippen LogP contribution in [-0.2, 0) is 20.9 Å². The van der Waals surface area contributed by atoms with Gasteiger partial charge in [-0.25, -0.2) is 4.79 Å². The van der Waals surface area contributed by atoms with E-state index in [2.05, 4.69) is 0 Å². The molecule has 30 heavy (non-hydrogen) atoms. The predicted molar refractivity (Wildman–Crippen MR) is 111 cm³/mol. The summed E-state index contributed by atoms with van der Waals surface area (Å²) in [6.45, 7) is 5.42. The second kappa shape index (κ2) is 8.90. The summed E-state index contributed by atoms with van der Waals surface area (Å²) in [6, 6.07) is 15.6. The number of benzene rings is 2. The summed E-state index contributed by atoms with van der Waals surface area (Å²) >= 11 is 0. The standard InChI is InChI=1S/C23H24N2O5/c1-15(2)30-23(27)22-16(3)24(14-17-8-7-11-19(12-17)25(28)29)21(26)13-20(22)18-9-5-4-6-10-18/h4-12,15,20H,13-14H2,1-3H3. The summed E-state index contributed by atoms with van der Waals surface area (Å²) in [6.07, 6.45) is -0.171. The van der Waals surface area contributed by atoms with Crippen LogP contribution >= 0.6 is 0 Å². The van der Waals surface area contributed by atoms with E-state index in [-0.39, 0.29) is 30.7 Å². The van der Waals surface area contributed by atoms with Crippen molar-refractivity contribution in [2.45, 2.75) is 45.8 Å². The maximum absolute atomic E-state index is 13.0. The minimum Gasteiger partial charge on any atom is -0.460 e. The summed E-state index contributed by atoms with van der Waals surface area (Å²) in [5, 5.41) is 11.1. The summed E-state index contributed by atoms with van der Waals surface area (Å²) in [7, 11) is 0. The third kappa shape index (κ3) is 4.56. The van der Waals surface area contributed by atoms with Gasteiger partial charge in [0, 0.05) is 30.2 Å². The van der Waals surface area contributed by atoms with Crippen LogP contribution in [0.15, 0.2) is 65.9 Å². The van der Waals surface area contributed by atoms with Crippen molar-refractivity contribution < 1.29 is 19.2 Å². The molecule has 0 saturated heterocycles. The molecule has 1 heterocycles. The average molecular weight is 408 g/mol. The summed E-state index contributed by atoms with van der Waals surface area (Å²) in [5.41, 5.74) is 2.40. The van der Waals surface area contributed by atoms with Gasteiger partial charge in [-0.15, -0.1) is 0 Å².